The van der Waals surface area contributed by atoms with Gasteiger partial charge >= 0.3 is 6.03 Å². The van der Waals surface area contributed by atoms with Crippen LogP contribution in [-0.4, -0.2) is 50.7 Å². The van der Waals surface area contributed by atoms with Crippen molar-refractivity contribution in [2.24, 2.45) is 0 Å². The molecule has 164 valence electrons. The maximum atomic E-state index is 13.2. The highest BCUT2D eigenvalue weighted by molar-refractivity contribution is 6.09. The van der Waals surface area contributed by atoms with Gasteiger partial charge in [0.1, 0.15) is 17.9 Å². The van der Waals surface area contributed by atoms with E-state index in [0.29, 0.717) is 12.1 Å². The smallest absolute Gasteiger partial charge is 0.325 e. The van der Waals surface area contributed by atoms with Gasteiger partial charge in [-0.1, -0.05) is 42.0 Å². The fraction of sp³-hybridized carbons (Fsp3) is 0.333. The van der Waals surface area contributed by atoms with Gasteiger partial charge in [0.25, 0.3) is 5.91 Å². The van der Waals surface area contributed by atoms with Crippen molar-refractivity contribution in [2.75, 3.05) is 13.1 Å². The number of H-pyrrole nitrogens is 1. The van der Waals surface area contributed by atoms with Gasteiger partial charge in [0.05, 0.1) is 17.1 Å². The molecule has 0 bridgehead atoms. The molecule has 2 aliphatic heterocycles. The number of aromatic nitrogens is 2. The van der Waals surface area contributed by atoms with Crippen molar-refractivity contribution in [3.05, 3.63) is 65.5 Å². The summed E-state index contributed by atoms with van der Waals surface area (Å²) in [5.74, 6) is 0.0579. The molecule has 2 N–H and O–H groups in total. The number of aromatic amines is 1. The first kappa shape index (κ1) is 20.2. The van der Waals surface area contributed by atoms with E-state index in [0.717, 1.165) is 40.2 Å². The molecule has 8 nitrogen and oxygen atoms in total. The number of fused-ring (bicyclic) bond motifs is 1. The third-order valence-corrected chi connectivity index (χ3v) is 6.49. The Morgan fingerprint density at radius 2 is 1.91 bits per heavy atom. The van der Waals surface area contributed by atoms with Crippen molar-refractivity contribution in [1.82, 2.24) is 25.1 Å². The Labute approximate surface area is 185 Å². The maximum absolute atomic E-state index is 13.2. The lowest BCUT2D eigenvalue weighted by atomic mass is 9.91. The third kappa shape index (κ3) is 3.23. The van der Waals surface area contributed by atoms with Crippen molar-refractivity contribution in [3.8, 4) is 0 Å². The quantitative estimate of drug-likeness (QED) is 0.621. The molecule has 2 atom stereocenters. The summed E-state index contributed by atoms with van der Waals surface area (Å²) >= 11 is 0. The molecular formula is C24H25N5O3. The topological polar surface area (TPSA) is 98.4 Å². The molecule has 0 saturated carbocycles. The minimum Gasteiger partial charge on any atom is -0.340 e. The highest BCUT2D eigenvalue weighted by Crippen LogP contribution is 2.33. The fourth-order valence-electron chi connectivity index (χ4n) is 4.63. The maximum Gasteiger partial charge on any atom is 0.325 e. The number of urea groups is 1. The number of para-hydroxylation sites is 2. The molecule has 8 heteroatoms. The van der Waals surface area contributed by atoms with Gasteiger partial charge < -0.3 is 15.2 Å². The van der Waals surface area contributed by atoms with Gasteiger partial charge in [0.15, 0.2) is 0 Å². The summed E-state index contributed by atoms with van der Waals surface area (Å²) in [7, 11) is 0. The summed E-state index contributed by atoms with van der Waals surface area (Å²) in [6, 6.07) is 14.4. The van der Waals surface area contributed by atoms with E-state index in [-0.39, 0.29) is 18.5 Å². The number of imidazole rings is 1. The summed E-state index contributed by atoms with van der Waals surface area (Å²) in [4.78, 5) is 49.8. The van der Waals surface area contributed by atoms with Crippen LogP contribution in [-0.2, 0) is 15.1 Å². The molecule has 0 spiro atoms. The first-order valence-corrected chi connectivity index (χ1v) is 10.8. The standard InChI is InChI=1S/C24H25N5O3/c1-15-9-11-16(12-10-15)24(2)22(31)29(23(32)27-24)14-20(30)28-13-5-8-19(28)21-25-17-6-3-4-7-18(17)26-21/h3-4,6-7,9-12,19H,5,8,13-14H2,1-2H3,(H,25,26)(H,27,32). The molecule has 1 aromatic heterocycles. The van der Waals surface area contributed by atoms with Gasteiger partial charge in [0, 0.05) is 6.54 Å². The summed E-state index contributed by atoms with van der Waals surface area (Å²) in [5, 5.41) is 2.77. The van der Waals surface area contributed by atoms with Crippen LogP contribution in [0.15, 0.2) is 48.5 Å². The zero-order valence-electron chi connectivity index (χ0n) is 18.1. The number of carbonyl (C=O) groups excluding carboxylic acids is 3. The fourth-order valence-corrected chi connectivity index (χ4v) is 4.63. The van der Waals surface area contributed by atoms with E-state index in [1.807, 2.05) is 55.5 Å². The van der Waals surface area contributed by atoms with Crippen molar-refractivity contribution >= 4 is 28.9 Å². The second kappa shape index (κ2) is 7.47. The Bertz CT molecular complexity index is 1180. The number of rotatable bonds is 4. The number of hydrogen-bond donors (Lipinski definition) is 2. The predicted octanol–water partition coefficient (Wildman–Crippen LogP) is 3.00. The normalized spacial score (nSPS) is 23.2. The highest BCUT2D eigenvalue weighted by atomic mass is 16.2. The van der Waals surface area contributed by atoms with Crippen LogP contribution < -0.4 is 5.32 Å². The summed E-state index contributed by atoms with van der Waals surface area (Å²) in [5.41, 5.74) is 2.34. The SMILES string of the molecule is Cc1ccc(C2(C)NC(=O)N(CC(=O)N3CCCC3c3nc4ccccc4[nH]3)C2=O)cc1. The number of likely N-dealkylation sites (tertiary alicyclic amines) is 1. The van der Waals surface area contributed by atoms with Gasteiger partial charge in [0.2, 0.25) is 5.91 Å². The second-order valence-corrected chi connectivity index (χ2v) is 8.70. The molecule has 5 rings (SSSR count). The molecule has 0 radical (unpaired) electrons. The van der Waals surface area contributed by atoms with Crippen LogP contribution in [0.3, 0.4) is 0 Å². The lowest BCUT2D eigenvalue weighted by Gasteiger charge is -2.26. The zero-order chi connectivity index (χ0) is 22.5. The van der Waals surface area contributed by atoms with E-state index in [1.165, 1.54) is 0 Å². The van der Waals surface area contributed by atoms with Crippen LogP contribution in [0.1, 0.15) is 42.8 Å². The monoisotopic (exact) mass is 431 g/mol. The van der Waals surface area contributed by atoms with Crippen LogP contribution >= 0.6 is 0 Å². The number of amides is 4. The molecule has 32 heavy (non-hydrogen) atoms. The van der Waals surface area contributed by atoms with Gasteiger partial charge in [-0.3, -0.25) is 14.5 Å². The number of carbonyl (C=O) groups is 3. The average molecular weight is 431 g/mol. The molecule has 4 amide bonds. The molecule has 2 aliphatic rings. The van der Waals surface area contributed by atoms with Crippen molar-refractivity contribution in [3.63, 3.8) is 0 Å². The summed E-state index contributed by atoms with van der Waals surface area (Å²) < 4.78 is 0. The van der Waals surface area contributed by atoms with Crippen LogP contribution in [0.2, 0.25) is 0 Å². The lowest BCUT2D eigenvalue weighted by Crippen LogP contribution is -2.44. The predicted molar refractivity (Wildman–Crippen MR) is 119 cm³/mol. The minimum absolute atomic E-state index is 0.195. The van der Waals surface area contributed by atoms with E-state index in [1.54, 1.807) is 11.8 Å². The van der Waals surface area contributed by atoms with Gasteiger partial charge in [-0.05, 0) is 44.4 Å². The molecular weight excluding hydrogens is 406 g/mol. The molecule has 0 aliphatic carbocycles. The first-order valence-electron chi connectivity index (χ1n) is 10.8. The molecule has 2 unspecified atom stereocenters. The minimum atomic E-state index is -1.19. The largest absolute Gasteiger partial charge is 0.340 e. The molecule has 3 heterocycles. The Morgan fingerprint density at radius 3 is 2.66 bits per heavy atom. The number of hydrogen-bond acceptors (Lipinski definition) is 4. The summed E-state index contributed by atoms with van der Waals surface area (Å²) in [6.45, 7) is 3.91. The second-order valence-electron chi connectivity index (χ2n) is 8.70. The van der Waals surface area contributed by atoms with E-state index in [9.17, 15) is 14.4 Å². The third-order valence-electron chi connectivity index (χ3n) is 6.49. The van der Waals surface area contributed by atoms with Gasteiger partial charge in [-0.25, -0.2) is 9.78 Å². The number of nitrogens with zero attached hydrogens (tertiary/aromatic N) is 3. The van der Waals surface area contributed by atoms with E-state index in [4.69, 9.17) is 0 Å². The first-order chi connectivity index (χ1) is 15.4. The Hall–Kier alpha value is -3.68. The van der Waals surface area contributed by atoms with Crippen LogP contribution in [0.25, 0.3) is 11.0 Å². The van der Waals surface area contributed by atoms with E-state index < -0.39 is 17.5 Å². The highest BCUT2D eigenvalue weighted by Gasteiger charge is 2.50. The van der Waals surface area contributed by atoms with E-state index in [2.05, 4.69) is 15.3 Å². The van der Waals surface area contributed by atoms with E-state index >= 15 is 0 Å². The van der Waals surface area contributed by atoms with Crippen LogP contribution in [0.5, 0.6) is 0 Å². The summed E-state index contributed by atoms with van der Waals surface area (Å²) in [6.07, 6.45) is 1.63. The molecule has 2 aromatic carbocycles. The van der Waals surface area contributed by atoms with Crippen molar-refractivity contribution in [2.45, 2.75) is 38.3 Å². The zero-order valence-corrected chi connectivity index (χ0v) is 18.1. The van der Waals surface area contributed by atoms with Gasteiger partial charge in [-0.2, -0.15) is 0 Å². The van der Waals surface area contributed by atoms with Crippen molar-refractivity contribution in [1.29, 1.82) is 0 Å². The Morgan fingerprint density at radius 1 is 1.16 bits per heavy atom. The van der Waals surface area contributed by atoms with Gasteiger partial charge in [-0.15, -0.1) is 0 Å². The number of benzene rings is 2. The number of nitrogens with one attached hydrogen (secondary N) is 2. The number of aryl methyl sites for hydroxylation is 1. The Balaban J connectivity index is 1.35. The number of imide groups is 1. The lowest BCUT2D eigenvalue weighted by molar-refractivity contribution is -0.139. The molecule has 3 aromatic rings. The van der Waals surface area contributed by atoms with Crippen molar-refractivity contribution < 1.29 is 14.4 Å². The van der Waals surface area contributed by atoms with Crippen LogP contribution in [0.4, 0.5) is 4.79 Å². The molecule has 2 saturated heterocycles. The Kier molecular flexibility index (Phi) is 4.73. The average Bonchev–Trinajstić information content (AvgIpc) is 3.47. The molecule has 2 fully saturated rings. The van der Waals surface area contributed by atoms with Crippen LogP contribution in [0, 0.1) is 6.92 Å².